The van der Waals surface area contributed by atoms with Gasteiger partial charge in [0, 0.05) is 18.1 Å². The van der Waals surface area contributed by atoms with Crippen LogP contribution in [0.5, 0.6) is 0 Å². The molecule has 1 unspecified atom stereocenters. The number of thioether (sulfide) groups is 1. The molecule has 98 valence electrons. The Kier molecular flexibility index (Phi) is 13.4. The van der Waals surface area contributed by atoms with Crippen molar-refractivity contribution in [1.29, 1.82) is 0 Å². The van der Waals surface area contributed by atoms with Crippen LogP contribution in [0.25, 0.3) is 0 Å². The normalized spacial score (nSPS) is 12.9. The summed E-state index contributed by atoms with van der Waals surface area (Å²) in [4.78, 5) is 0. The Balaban J connectivity index is 2.98. The van der Waals surface area contributed by atoms with Crippen LogP contribution < -0.4 is 5.73 Å². The smallest absolute Gasteiger partial charge is 0.0701 e. The quantitative estimate of drug-likeness (QED) is 0.527. The van der Waals surface area contributed by atoms with Crippen LogP contribution >= 0.6 is 11.8 Å². The second-order valence-corrected chi connectivity index (χ2v) is 5.02. The van der Waals surface area contributed by atoms with E-state index in [0.717, 1.165) is 25.3 Å². The molecule has 0 heterocycles. The molecule has 0 aliphatic heterocycles. The van der Waals surface area contributed by atoms with Gasteiger partial charge in [0.25, 0.3) is 0 Å². The molecule has 0 aliphatic rings. The monoisotopic (exact) mass is 251 g/mol. The molecule has 2 N–H and O–H groups in total. The minimum absolute atomic E-state index is 0.631. The van der Waals surface area contributed by atoms with E-state index in [9.17, 15) is 0 Å². The van der Waals surface area contributed by atoms with Crippen molar-refractivity contribution in [1.82, 2.24) is 0 Å². The van der Waals surface area contributed by atoms with E-state index >= 15 is 0 Å². The SMILES string of the molecule is COCCOCCOCCSC(C)CCN. The molecule has 5 heteroatoms. The van der Waals surface area contributed by atoms with E-state index in [4.69, 9.17) is 19.9 Å². The summed E-state index contributed by atoms with van der Waals surface area (Å²) in [6, 6.07) is 0. The van der Waals surface area contributed by atoms with E-state index in [1.807, 2.05) is 11.8 Å². The van der Waals surface area contributed by atoms with Gasteiger partial charge in [-0.3, -0.25) is 0 Å². The first-order valence-electron chi connectivity index (χ1n) is 5.77. The zero-order chi connectivity index (χ0) is 12.1. The maximum absolute atomic E-state index is 5.47. The fourth-order valence-corrected chi connectivity index (χ4v) is 2.01. The van der Waals surface area contributed by atoms with E-state index < -0.39 is 0 Å². The van der Waals surface area contributed by atoms with Gasteiger partial charge < -0.3 is 19.9 Å². The van der Waals surface area contributed by atoms with Gasteiger partial charge in [-0.2, -0.15) is 11.8 Å². The summed E-state index contributed by atoms with van der Waals surface area (Å²) in [5.74, 6) is 1.03. The number of hydrogen-bond donors (Lipinski definition) is 1. The number of ether oxygens (including phenoxy) is 3. The highest BCUT2D eigenvalue weighted by molar-refractivity contribution is 7.99. The third-order valence-electron chi connectivity index (χ3n) is 2.01. The van der Waals surface area contributed by atoms with Crippen molar-refractivity contribution >= 4 is 11.8 Å². The molecule has 16 heavy (non-hydrogen) atoms. The lowest BCUT2D eigenvalue weighted by Gasteiger charge is -2.09. The summed E-state index contributed by atoms with van der Waals surface area (Å²) in [7, 11) is 1.67. The average molecular weight is 251 g/mol. The Bertz CT molecular complexity index is 138. The molecular weight excluding hydrogens is 226 g/mol. The predicted octanol–water partition coefficient (Wildman–Crippen LogP) is 1.14. The van der Waals surface area contributed by atoms with Crippen molar-refractivity contribution in [3.05, 3.63) is 0 Å². The number of rotatable bonds is 12. The number of nitrogens with two attached hydrogens (primary N) is 1. The van der Waals surface area contributed by atoms with Crippen molar-refractivity contribution in [3.8, 4) is 0 Å². The van der Waals surface area contributed by atoms with Gasteiger partial charge in [0.2, 0.25) is 0 Å². The maximum atomic E-state index is 5.47. The van der Waals surface area contributed by atoms with Crippen LogP contribution in [-0.4, -0.2) is 57.7 Å². The summed E-state index contributed by atoms with van der Waals surface area (Å²) < 4.78 is 15.5. The first kappa shape index (κ1) is 16.2. The fourth-order valence-electron chi connectivity index (χ4n) is 1.09. The zero-order valence-electron chi connectivity index (χ0n) is 10.4. The molecule has 0 rings (SSSR count). The molecule has 0 radical (unpaired) electrons. The Labute approximate surface area is 103 Å². The molecule has 1 atom stereocenters. The third-order valence-corrected chi connectivity index (χ3v) is 3.21. The van der Waals surface area contributed by atoms with Gasteiger partial charge in [-0.15, -0.1) is 0 Å². The Morgan fingerprint density at radius 1 is 1.06 bits per heavy atom. The van der Waals surface area contributed by atoms with E-state index in [2.05, 4.69) is 6.92 Å². The van der Waals surface area contributed by atoms with Crippen molar-refractivity contribution in [2.45, 2.75) is 18.6 Å². The van der Waals surface area contributed by atoms with Crippen LogP contribution in [0.1, 0.15) is 13.3 Å². The average Bonchev–Trinajstić information content (AvgIpc) is 2.27. The van der Waals surface area contributed by atoms with Crippen LogP contribution in [0.4, 0.5) is 0 Å². The molecule has 0 saturated heterocycles. The largest absolute Gasteiger partial charge is 0.382 e. The van der Waals surface area contributed by atoms with Gasteiger partial charge in [-0.05, 0) is 13.0 Å². The predicted molar refractivity (Wildman–Crippen MR) is 69.1 cm³/mol. The first-order chi connectivity index (χ1) is 7.81. The molecule has 0 fully saturated rings. The summed E-state index contributed by atoms with van der Waals surface area (Å²) in [5, 5.41) is 0.631. The van der Waals surface area contributed by atoms with Gasteiger partial charge >= 0.3 is 0 Å². The van der Waals surface area contributed by atoms with Crippen molar-refractivity contribution in [3.63, 3.8) is 0 Å². The minimum Gasteiger partial charge on any atom is -0.382 e. The minimum atomic E-state index is 0.631. The van der Waals surface area contributed by atoms with Crippen LogP contribution in [-0.2, 0) is 14.2 Å². The topological polar surface area (TPSA) is 53.7 Å². The lowest BCUT2D eigenvalue weighted by atomic mass is 10.3. The highest BCUT2D eigenvalue weighted by atomic mass is 32.2. The Hall–Kier alpha value is 0.190. The molecule has 0 aromatic carbocycles. The second-order valence-electron chi connectivity index (χ2n) is 3.48. The second kappa shape index (κ2) is 13.3. The molecule has 0 amide bonds. The lowest BCUT2D eigenvalue weighted by molar-refractivity contribution is 0.0286. The maximum Gasteiger partial charge on any atom is 0.0701 e. The van der Waals surface area contributed by atoms with Gasteiger partial charge in [0.15, 0.2) is 0 Å². The zero-order valence-corrected chi connectivity index (χ0v) is 11.3. The summed E-state index contributed by atoms with van der Waals surface area (Å²) in [6.07, 6.45) is 1.07. The van der Waals surface area contributed by atoms with Crippen LogP contribution in [0.3, 0.4) is 0 Å². The van der Waals surface area contributed by atoms with Crippen LogP contribution in [0.2, 0.25) is 0 Å². The van der Waals surface area contributed by atoms with Gasteiger partial charge in [-0.1, -0.05) is 6.92 Å². The molecule has 4 nitrogen and oxygen atoms in total. The standard InChI is InChI=1S/C11H25NO3S/c1-11(3-4-12)16-10-9-15-8-7-14-6-5-13-2/h11H,3-10,12H2,1-2H3. The first-order valence-corrected chi connectivity index (χ1v) is 6.82. The Morgan fingerprint density at radius 3 is 2.31 bits per heavy atom. The molecule has 0 saturated carbocycles. The van der Waals surface area contributed by atoms with Crippen molar-refractivity contribution in [2.24, 2.45) is 5.73 Å². The van der Waals surface area contributed by atoms with E-state index in [1.165, 1.54) is 0 Å². The molecule has 0 aliphatic carbocycles. The summed E-state index contributed by atoms with van der Waals surface area (Å²) >= 11 is 1.91. The molecule has 0 bridgehead atoms. The molecule has 0 aromatic rings. The fraction of sp³-hybridized carbons (Fsp3) is 1.00. The van der Waals surface area contributed by atoms with Crippen LogP contribution in [0, 0.1) is 0 Å². The summed E-state index contributed by atoms with van der Waals surface area (Å²) in [6.45, 7) is 6.34. The van der Waals surface area contributed by atoms with E-state index in [-0.39, 0.29) is 0 Å². The van der Waals surface area contributed by atoms with Crippen LogP contribution in [0.15, 0.2) is 0 Å². The van der Waals surface area contributed by atoms with E-state index in [0.29, 0.717) is 31.7 Å². The summed E-state index contributed by atoms with van der Waals surface area (Å²) in [5.41, 5.74) is 5.47. The Morgan fingerprint density at radius 2 is 1.69 bits per heavy atom. The lowest BCUT2D eigenvalue weighted by Crippen LogP contribution is -2.11. The van der Waals surface area contributed by atoms with Gasteiger partial charge in [0.05, 0.1) is 33.0 Å². The molecule has 0 spiro atoms. The number of methoxy groups -OCH3 is 1. The third kappa shape index (κ3) is 12.3. The van der Waals surface area contributed by atoms with Gasteiger partial charge in [0.1, 0.15) is 0 Å². The molecule has 0 aromatic heterocycles. The highest BCUT2D eigenvalue weighted by Crippen LogP contribution is 2.12. The molecular formula is C11H25NO3S. The van der Waals surface area contributed by atoms with Crippen molar-refractivity contribution < 1.29 is 14.2 Å². The highest BCUT2D eigenvalue weighted by Gasteiger charge is 2.00. The number of hydrogen-bond acceptors (Lipinski definition) is 5. The van der Waals surface area contributed by atoms with Crippen molar-refractivity contribution in [2.75, 3.05) is 52.4 Å². The van der Waals surface area contributed by atoms with E-state index in [1.54, 1.807) is 7.11 Å². The van der Waals surface area contributed by atoms with Gasteiger partial charge in [-0.25, -0.2) is 0 Å².